The fraction of sp³-hybridized carbons (Fsp3) is 0.538. The highest BCUT2D eigenvalue weighted by molar-refractivity contribution is 9.10. The number of nitrogens with one attached hydrogen (secondary N) is 1. The van der Waals surface area contributed by atoms with Crippen LogP contribution in [0.3, 0.4) is 0 Å². The number of benzene rings is 1. The van der Waals surface area contributed by atoms with E-state index in [1.807, 2.05) is 0 Å². The number of nitro benzene ring substituents is 1. The van der Waals surface area contributed by atoms with Crippen molar-refractivity contribution in [1.29, 1.82) is 0 Å². The van der Waals surface area contributed by atoms with Gasteiger partial charge in [-0.05, 0) is 45.0 Å². The summed E-state index contributed by atoms with van der Waals surface area (Å²) in [5, 5.41) is 14.2. The molecule has 0 saturated carbocycles. The summed E-state index contributed by atoms with van der Waals surface area (Å²) in [6.45, 7) is 5.13. The molecule has 1 atom stereocenters. The molecule has 0 radical (unpaired) electrons. The number of likely N-dealkylation sites (tertiary alicyclic amines) is 1. The minimum atomic E-state index is -0.352. The van der Waals surface area contributed by atoms with Crippen LogP contribution in [0, 0.1) is 10.1 Å². The van der Waals surface area contributed by atoms with E-state index in [1.54, 1.807) is 12.1 Å². The third-order valence-electron chi connectivity index (χ3n) is 3.51. The lowest BCUT2D eigenvalue weighted by Crippen LogP contribution is -2.35. The molecule has 1 aromatic carbocycles. The molecule has 0 aliphatic carbocycles. The van der Waals surface area contributed by atoms with Crippen LogP contribution in [-0.4, -0.2) is 35.5 Å². The number of hydrogen-bond donors (Lipinski definition) is 1. The molecule has 1 saturated heterocycles. The summed E-state index contributed by atoms with van der Waals surface area (Å²) in [6.07, 6.45) is 2.50. The second-order valence-corrected chi connectivity index (χ2v) is 5.81. The molecule has 1 N–H and O–H groups in total. The van der Waals surface area contributed by atoms with E-state index >= 15 is 0 Å². The lowest BCUT2D eigenvalue weighted by molar-refractivity contribution is -0.384. The topological polar surface area (TPSA) is 58.4 Å². The lowest BCUT2D eigenvalue weighted by atomic mass is 10.2. The van der Waals surface area contributed by atoms with Crippen LogP contribution >= 0.6 is 15.9 Å². The standard InChI is InChI=1S/C13H18BrN3O2/c1-10(16-6-2-3-7-16)9-15-12-8-11(14)4-5-13(12)17(18)19/h4-5,8,10,15H,2-3,6-7,9H2,1H3. The Hall–Kier alpha value is -1.14. The van der Waals surface area contributed by atoms with E-state index in [9.17, 15) is 10.1 Å². The van der Waals surface area contributed by atoms with Gasteiger partial charge in [-0.3, -0.25) is 15.0 Å². The third kappa shape index (κ3) is 3.67. The van der Waals surface area contributed by atoms with Crippen molar-refractivity contribution in [3.8, 4) is 0 Å². The van der Waals surface area contributed by atoms with Crippen LogP contribution in [0.4, 0.5) is 11.4 Å². The predicted molar refractivity (Wildman–Crippen MR) is 79.6 cm³/mol. The molecule has 0 amide bonds. The molecule has 6 heteroatoms. The van der Waals surface area contributed by atoms with Gasteiger partial charge in [0.15, 0.2) is 0 Å². The Morgan fingerprint density at radius 3 is 2.79 bits per heavy atom. The number of hydrogen-bond acceptors (Lipinski definition) is 4. The van der Waals surface area contributed by atoms with Gasteiger partial charge in [0.05, 0.1) is 4.92 Å². The van der Waals surface area contributed by atoms with Crippen molar-refractivity contribution in [2.45, 2.75) is 25.8 Å². The summed E-state index contributed by atoms with van der Waals surface area (Å²) in [4.78, 5) is 13.0. The maximum absolute atomic E-state index is 11.0. The monoisotopic (exact) mass is 327 g/mol. The van der Waals surface area contributed by atoms with Crippen molar-refractivity contribution < 1.29 is 4.92 Å². The zero-order chi connectivity index (χ0) is 13.8. The van der Waals surface area contributed by atoms with Crippen LogP contribution in [0.1, 0.15) is 19.8 Å². The summed E-state index contributed by atoms with van der Waals surface area (Å²) in [7, 11) is 0. The molecule has 1 heterocycles. The third-order valence-corrected chi connectivity index (χ3v) is 4.00. The Labute approximate surface area is 121 Å². The van der Waals surface area contributed by atoms with Crippen molar-refractivity contribution in [3.05, 3.63) is 32.8 Å². The van der Waals surface area contributed by atoms with E-state index in [0.717, 1.165) is 24.1 Å². The quantitative estimate of drug-likeness (QED) is 0.666. The minimum absolute atomic E-state index is 0.122. The Bertz CT molecular complexity index is 461. The molecule has 1 aliphatic rings. The van der Waals surface area contributed by atoms with Gasteiger partial charge in [0.2, 0.25) is 0 Å². The summed E-state index contributed by atoms with van der Waals surface area (Å²) < 4.78 is 0.842. The summed E-state index contributed by atoms with van der Waals surface area (Å²) in [5.74, 6) is 0. The van der Waals surface area contributed by atoms with Crippen molar-refractivity contribution in [3.63, 3.8) is 0 Å². The summed E-state index contributed by atoms with van der Waals surface area (Å²) >= 11 is 3.35. The predicted octanol–water partition coefficient (Wildman–Crippen LogP) is 3.25. The van der Waals surface area contributed by atoms with E-state index in [1.165, 1.54) is 18.9 Å². The Kier molecular flexibility index (Phi) is 4.76. The van der Waals surface area contributed by atoms with Crippen LogP contribution in [0.25, 0.3) is 0 Å². The zero-order valence-corrected chi connectivity index (χ0v) is 12.5. The van der Waals surface area contributed by atoms with E-state index in [-0.39, 0.29) is 10.6 Å². The molecule has 1 unspecified atom stereocenters. The molecule has 1 aliphatic heterocycles. The Morgan fingerprint density at radius 1 is 1.47 bits per heavy atom. The van der Waals surface area contributed by atoms with E-state index in [4.69, 9.17) is 0 Å². The molecule has 0 aromatic heterocycles. The van der Waals surface area contributed by atoms with Crippen molar-refractivity contribution in [1.82, 2.24) is 4.90 Å². The average Bonchev–Trinajstić information content (AvgIpc) is 2.89. The minimum Gasteiger partial charge on any atom is -0.378 e. The molecule has 0 spiro atoms. The van der Waals surface area contributed by atoms with Crippen LogP contribution in [-0.2, 0) is 0 Å². The van der Waals surface area contributed by atoms with Crippen molar-refractivity contribution in [2.75, 3.05) is 25.0 Å². The molecule has 104 valence electrons. The fourth-order valence-electron chi connectivity index (χ4n) is 2.38. The number of nitrogens with zero attached hydrogens (tertiary/aromatic N) is 2. The molecule has 1 fully saturated rings. The fourth-order valence-corrected chi connectivity index (χ4v) is 2.74. The molecular weight excluding hydrogens is 310 g/mol. The molecule has 0 bridgehead atoms. The lowest BCUT2D eigenvalue weighted by Gasteiger charge is -2.24. The first-order valence-electron chi connectivity index (χ1n) is 6.50. The van der Waals surface area contributed by atoms with Gasteiger partial charge in [0.1, 0.15) is 5.69 Å². The summed E-state index contributed by atoms with van der Waals surface area (Å²) in [5.41, 5.74) is 0.697. The van der Waals surface area contributed by atoms with E-state index in [0.29, 0.717) is 11.7 Å². The van der Waals surface area contributed by atoms with Crippen LogP contribution in [0.15, 0.2) is 22.7 Å². The van der Waals surface area contributed by atoms with Gasteiger partial charge in [-0.2, -0.15) is 0 Å². The SMILES string of the molecule is CC(CNc1cc(Br)ccc1[N+](=O)[O-])N1CCCC1. The van der Waals surface area contributed by atoms with E-state index < -0.39 is 0 Å². The van der Waals surface area contributed by atoms with Gasteiger partial charge in [-0.15, -0.1) is 0 Å². The maximum atomic E-state index is 11.0. The highest BCUT2D eigenvalue weighted by Crippen LogP contribution is 2.28. The smallest absolute Gasteiger partial charge is 0.292 e. The molecular formula is C13H18BrN3O2. The molecule has 5 nitrogen and oxygen atoms in total. The second kappa shape index (κ2) is 6.34. The summed E-state index contributed by atoms with van der Waals surface area (Å²) in [6, 6.07) is 5.36. The Morgan fingerprint density at radius 2 is 2.16 bits per heavy atom. The average molecular weight is 328 g/mol. The highest BCUT2D eigenvalue weighted by atomic mass is 79.9. The first-order chi connectivity index (χ1) is 9.08. The van der Waals surface area contributed by atoms with Gasteiger partial charge < -0.3 is 5.32 Å². The molecule has 2 rings (SSSR count). The van der Waals surface area contributed by atoms with Gasteiger partial charge in [0.25, 0.3) is 5.69 Å². The first-order valence-corrected chi connectivity index (χ1v) is 7.29. The van der Waals surface area contributed by atoms with Gasteiger partial charge in [-0.25, -0.2) is 0 Å². The molecule has 19 heavy (non-hydrogen) atoms. The zero-order valence-electron chi connectivity index (χ0n) is 10.9. The van der Waals surface area contributed by atoms with Crippen LogP contribution in [0.2, 0.25) is 0 Å². The largest absolute Gasteiger partial charge is 0.378 e. The highest BCUT2D eigenvalue weighted by Gasteiger charge is 2.19. The van der Waals surface area contributed by atoms with Gasteiger partial charge in [0, 0.05) is 23.1 Å². The van der Waals surface area contributed by atoms with Crippen LogP contribution in [0.5, 0.6) is 0 Å². The number of halogens is 1. The van der Waals surface area contributed by atoms with Crippen molar-refractivity contribution in [2.24, 2.45) is 0 Å². The normalized spacial score (nSPS) is 17.4. The van der Waals surface area contributed by atoms with Crippen LogP contribution < -0.4 is 5.32 Å². The second-order valence-electron chi connectivity index (χ2n) is 4.89. The number of rotatable bonds is 5. The number of nitro groups is 1. The van der Waals surface area contributed by atoms with Gasteiger partial charge in [-0.1, -0.05) is 15.9 Å². The maximum Gasteiger partial charge on any atom is 0.292 e. The van der Waals surface area contributed by atoms with Crippen molar-refractivity contribution >= 4 is 27.3 Å². The number of anilines is 1. The Balaban J connectivity index is 2.01. The van der Waals surface area contributed by atoms with Gasteiger partial charge >= 0.3 is 0 Å². The van der Waals surface area contributed by atoms with E-state index in [2.05, 4.69) is 33.1 Å². The molecule has 1 aromatic rings. The first kappa shape index (κ1) is 14.3.